The molecule has 0 saturated carbocycles. The van der Waals surface area contributed by atoms with Gasteiger partial charge in [0.2, 0.25) is 0 Å². The Morgan fingerprint density at radius 1 is 1.37 bits per heavy atom. The maximum absolute atomic E-state index is 5.66. The van der Waals surface area contributed by atoms with Crippen LogP contribution in [0.5, 0.6) is 5.75 Å². The summed E-state index contributed by atoms with van der Waals surface area (Å²) >= 11 is 6.78. The zero-order valence-electron chi connectivity index (χ0n) is 11.1. The van der Waals surface area contributed by atoms with Crippen LogP contribution in [0.25, 0.3) is 0 Å². The Bertz CT molecular complexity index is 565. The molecule has 4 nitrogen and oxygen atoms in total. The van der Waals surface area contributed by atoms with Crippen LogP contribution in [-0.4, -0.2) is 34.9 Å². The number of hydrogen-bond acceptors (Lipinski definition) is 5. The third kappa shape index (κ3) is 4.41. The van der Waals surface area contributed by atoms with Gasteiger partial charge in [-0.15, -0.1) is 0 Å². The van der Waals surface area contributed by atoms with Gasteiger partial charge in [0.1, 0.15) is 17.4 Å². The number of rotatable bonds is 6. The lowest BCUT2D eigenvalue weighted by Crippen LogP contribution is -2.27. The second-order valence-corrected chi connectivity index (χ2v) is 6.10. The molecule has 2 aromatic rings. The summed E-state index contributed by atoms with van der Waals surface area (Å²) in [7, 11) is 2.03. The van der Waals surface area contributed by atoms with Gasteiger partial charge in [-0.3, -0.25) is 4.90 Å². The van der Waals surface area contributed by atoms with E-state index in [1.54, 1.807) is 11.3 Å². The Morgan fingerprint density at radius 3 is 2.74 bits per heavy atom. The fourth-order valence-corrected chi connectivity index (χ4v) is 2.69. The summed E-state index contributed by atoms with van der Waals surface area (Å²) in [5.74, 6) is 0.900. The molecule has 2 rings (SSSR count). The Labute approximate surface area is 122 Å². The van der Waals surface area contributed by atoms with Crippen LogP contribution in [0, 0.1) is 10.9 Å². The summed E-state index contributed by atoms with van der Waals surface area (Å²) in [6.07, 6.45) is 0. The quantitative estimate of drug-likeness (QED) is 0.767. The summed E-state index contributed by atoms with van der Waals surface area (Å²) in [5.41, 5.74) is 0. The van der Waals surface area contributed by atoms with Crippen LogP contribution in [0.4, 0.5) is 0 Å². The van der Waals surface area contributed by atoms with E-state index >= 15 is 0 Å². The third-order valence-electron chi connectivity index (χ3n) is 2.57. The normalized spacial score (nSPS) is 10.9. The summed E-state index contributed by atoms with van der Waals surface area (Å²) in [4.78, 5) is 2.14. The summed E-state index contributed by atoms with van der Waals surface area (Å²) in [5, 5.41) is 5.36. The van der Waals surface area contributed by atoms with Crippen molar-refractivity contribution in [3.8, 4) is 5.75 Å². The minimum absolute atomic E-state index is 0.650. The third-order valence-corrected chi connectivity index (χ3v) is 3.79. The van der Waals surface area contributed by atoms with Crippen molar-refractivity contribution in [2.75, 3.05) is 20.2 Å². The molecular weight excluding hydrogens is 278 g/mol. The van der Waals surface area contributed by atoms with Crippen LogP contribution < -0.4 is 4.74 Å². The van der Waals surface area contributed by atoms with Gasteiger partial charge in [-0.1, -0.05) is 29.5 Å². The van der Waals surface area contributed by atoms with Crippen LogP contribution in [-0.2, 0) is 6.67 Å². The van der Waals surface area contributed by atoms with E-state index in [-0.39, 0.29) is 0 Å². The predicted molar refractivity (Wildman–Crippen MR) is 80.2 cm³/mol. The summed E-state index contributed by atoms with van der Waals surface area (Å²) in [6.45, 7) is 4.14. The number of aryl methyl sites for hydroxylation is 1. The van der Waals surface area contributed by atoms with E-state index < -0.39 is 0 Å². The smallest absolute Gasteiger partial charge is 0.180 e. The van der Waals surface area contributed by atoms with Gasteiger partial charge in [-0.25, -0.2) is 4.68 Å². The van der Waals surface area contributed by atoms with Crippen molar-refractivity contribution in [1.82, 2.24) is 14.7 Å². The van der Waals surface area contributed by atoms with Gasteiger partial charge in [0, 0.05) is 6.54 Å². The second kappa shape index (κ2) is 6.79. The van der Waals surface area contributed by atoms with Crippen LogP contribution in [0.15, 0.2) is 30.3 Å². The molecule has 1 heterocycles. The SMILES string of the molecule is Cc1nn(CN(C)CCOc2ccccc2)c(=S)s1. The van der Waals surface area contributed by atoms with E-state index in [0.717, 1.165) is 21.3 Å². The van der Waals surface area contributed by atoms with Crippen molar-refractivity contribution >= 4 is 23.6 Å². The van der Waals surface area contributed by atoms with Crippen molar-refractivity contribution in [2.24, 2.45) is 0 Å². The molecule has 0 atom stereocenters. The predicted octanol–water partition coefficient (Wildman–Crippen LogP) is 2.95. The molecule has 102 valence electrons. The molecule has 1 aromatic carbocycles. The van der Waals surface area contributed by atoms with E-state index in [9.17, 15) is 0 Å². The van der Waals surface area contributed by atoms with E-state index in [0.29, 0.717) is 13.3 Å². The lowest BCUT2D eigenvalue weighted by atomic mass is 10.3. The Morgan fingerprint density at radius 2 is 2.11 bits per heavy atom. The monoisotopic (exact) mass is 295 g/mol. The number of likely N-dealkylation sites (N-methyl/N-ethyl adjacent to an activating group) is 1. The van der Waals surface area contributed by atoms with Crippen molar-refractivity contribution in [2.45, 2.75) is 13.6 Å². The van der Waals surface area contributed by atoms with Gasteiger partial charge < -0.3 is 4.74 Å². The van der Waals surface area contributed by atoms with Crippen molar-refractivity contribution < 1.29 is 4.74 Å². The zero-order chi connectivity index (χ0) is 13.7. The van der Waals surface area contributed by atoms with E-state index in [1.807, 2.05) is 49.0 Å². The molecule has 0 saturated heterocycles. The molecule has 0 amide bonds. The van der Waals surface area contributed by atoms with Crippen LogP contribution in [0.1, 0.15) is 5.01 Å². The van der Waals surface area contributed by atoms with Crippen molar-refractivity contribution in [3.05, 3.63) is 39.3 Å². The van der Waals surface area contributed by atoms with Crippen LogP contribution in [0.3, 0.4) is 0 Å². The average molecular weight is 295 g/mol. The minimum Gasteiger partial charge on any atom is -0.492 e. The summed E-state index contributed by atoms with van der Waals surface area (Å²) in [6, 6.07) is 9.83. The van der Waals surface area contributed by atoms with Gasteiger partial charge in [-0.05, 0) is 38.3 Å². The summed E-state index contributed by atoms with van der Waals surface area (Å²) < 4.78 is 8.31. The topological polar surface area (TPSA) is 30.3 Å². The van der Waals surface area contributed by atoms with E-state index in [4.69, 9.17) is 17.0 Å². The molecule has 0 N–H and O–H groups in total. The standard InChI is InChI=1S/C13H17N3OS2/c1-11-14-16(13(18)19-11)10-15(2)8-9-17-12-6-4-3-5-7-12/h3-7H,8-10H2,1-2H3. The first-order valence-electron chi connectivity index (χ1n) is 6.06. The lowest BCUT2D eigenvalue weighted by molar-refractivity contribution is 0.198. The minimum atomic E-state index is 0.650. The molecule has 0 aliphatic rings. The highest BCUT2D eigenvalue weighted by molar-refractivity contribution is 7.73. The Hall–Kier alpha value is -1.24. The van der Waals surface area contributed by atoms with Gasteiger partial charge in [0.25, 0.3) is 0 Å². The number of nitrogens with zero attached hydrogens (tertiary/aromatic N) is 3. The van der Waals surface area contributed by atoms with Crippen LogP contribution in [0.2, 0.25) is 0 Å². The first-order valence-corrected chi connectivity index (χ1v) is 7.28. The molecule has 0 aliphatic heterocycles. The molecule has 1 aromatic heterocycles. The van der Waals surface area contributed by atoms with Crippen molar-refractivity contribution in [3.63, 3.8) is 0 Å². The molecule has 0 radical (unpaired) electrons. The van der Waals surface area contributed by atoms with Crippen molar-refractivity contribution in [1.29, 1.82) is 0 Å². The van der Waals surface area contributed by atoms with E-state index in [2.05, 4.69) is 10.00 Å². The number of hydrogen-bond donors (Lipinski definition) is 0. The molecule has 0 aliphatic carbocycles. The molecule has 0 spiro atoms. The lowest BCUT2D eigenvalue weighted by Gasteiger charge is -2.16. The fraction of sp³-hybridized carbons (Fsp3) is 0.385. The highest BCUT2D eigenvalue weighted by atomic mass is 32.1. The number of ether oxygens (including phenoxy) is 1. The molecular formula is C13H17N3OS2. The molecule has 19 heavy (non-hydrogen) atoms. The number of benzene rings is 1. The second-order valence-electron chi connectivity index (χ2n) is 4.27. The van der Waals surface area contributed by atoms with Gasteiger partial charge in [0.05, 0.1) is 6.67 Å². The average Bonchev–Trinajstić information content (AvgIpc) is 2.69. The largest absolute Gasteiger partial charge is 0.492 e. The van der Waals surface area contributed by atoms with Crippen LogP contribution >= 0.6 is 23.6 Å². The highest BCUT2D eigenvalue weighted by Gasteiger charge is 2.04. The zero-order valence-corrected chi connectivity index (χ0v) is 12.7. The highest BCUT2D eigenvalue weighted by Crippen LogP contribution is 2.09. The maximum Gasteiger partial charge on any atom is 0.180 e. The number of aromatic nitrogens is 2. The Balaban J connectivity index is 1.77. The first-order chi connectivity index (χ1) is 9.15. The Kier molecular flexibility index (Phi) is 5.07. The maximum atomic E-state index is 5.66. The van der Waals surface area contributed by atoms with Gasteiger partial charge >= 0.3 is 0 Å². The molecule has 6 heteroatoms. The first kappa shape index (κ1) is 14.2. The van der Waals surface area contributed by atoms with Gasteiger partial charge in [0.15, 0.2) is 3.95 Å². The number of para-hydroxylation sites is 1. The fourth-order valence-electron chi connectivity index (χ4n) is 1.64. The van der Waals surface area contributed by atoms with Gasteiger partial charge in [-0.2, -0.15) is 5.10 Å². The molecule has 0 unspecified atom stereocenters. The van der Waals surface area contributed by atoms with E-state index in [1.165, 1.54) is 0 Å². The molecule has 0 bridgehead atoms. The molecule has 0 fully saturated rings.